The first-order chi connectivity index (χ1) is 9.10. The molecule has 0 aromatic heterocycles. The van der Waals surface area contributed by atoms with Crippen LogP contribution < -0.4 is 5.73 Å². The normalized spacial score (nSPS) is 12.9. The predicted molar refractivity (Wildman–Crippen MR) is 81.8 cm³/mol. The average molecular weight is 305 g/mol. The van der Waals surface area contributed by atoms with Crippen LogP contribution >= 0.6 is 23.2 Å². The van der Waals surface area contributed by atoms with Crippen molar-refractivity contribution in [1.82, 2.24) is 4.90 Å². The highest BCUT2D eigenvalue weighted by atomic mass is 35.5. The first-order valence-corrected chi connectivity index (χ1v) is 7.38. The number of hydrogen-bond acceptors (Lipinski definition) is 3. The van der Waals surface area contributed by atoms with Crippen LogP contribution in [0, 0.1) is 0 Å². The van der Waals surface area contributed by atoms with Crippen molar-refractivity contribution >= 4 is 23.2 Å². The van der Waals surface area contributed by atoms with Crippen molar-refractivity contribution in [3.8, 4) is 0 Å². The van der Waals surface area contributed by atoms with E-state index in [1.54, 1.807) is 6.07 Å². The lowest BCUT2D eigenvalue weighted by molar-refractivity contribution is 0.191. The summed E-state index contributed by atoms with van der Waals surface area (Å²) in [6, 6.07) is 5.40. The van der Waals surface area contributed by atoms with Crippen LogP contribution in [0.15, 0.2) is 18.2 Å². The highest BCUT2D eigenvalue weighted by molar-refractivity contribution is 6.42. The first-order valence-electron chi connectivity index (χ1n) is 6.62. The second kappa shape index (κ2) is 8.77. The van der Waals surface area contributed by atoms with E-state index in [0.29, 0.717) is 16.6 Å². The number of nitrogens with two attached hydrogens (primary N) is 1. The van der Waals surface area contributed by atoms with Gasteiger partial charge in [-0.3, -0.25) is 0 Å². The SMILES string of the molecule is CCCN(CCO)CCC(N)c1cccc(Cl)c1Cl. The van der Waals surface area contributed by atoms with E-state index >= 15 is 0 Å². The van der Waals surface area contributed by atoms with Crippen LogP contribution in [-0.2, 0) is 0 Å². The van der Waals surface area contributed by atoms with Crippen LogP contribution in [0.3, 0.4) is 0 Å². The Hall–Kier alpha value is -0.320. The molecule has 0 aliphatic heterocycles. The van der Waals surface area contributed by atoms with Crippen LogP contribution in [0.1, 0.15) is 31.4 Å². The number of hydrogen-bond donors (Lipinski definition) is 2. The maximum Gasteiger partial charge on any atom is 0.0640 e. The number of nitrogens with zero attached hydrogens (tertiary/aromatic N) is 1. The van der Waals surface area contributed by atoms with Gasteiger partial charge in [-0.2, -0.15) is 0 Å². The van der Waals surface area contributed by atoms with Crippen LogP contribution in [0.4, 0.5) is 0 Å². The molecule has 0 saturated carbocycles. The molecule has 0 heterocycles. The zero-order chi connectivity index (χ0) is 14.3. The molecule has 1 unspecified atom stereocenters. The molecule has 3 N–H and O–H groups in total. The van der Waals surface area contributed by atoms with Gasteiger partial charge in [0.15, 0.2) is 0 Å². The van der Waals surface area contributed by atoms with Crippen molar-refractivity contribution in [1.29, 1.82) is 0 Å². The molecule has 108 valence electrons. The summed E-state index contributed by atoms with van der Waals surface area (Å²) in [6.45, 7) is 4.80. The highest BCUT2D eigenvalue weighted by Crippen LogP contribution is 2.30. The standard InChI is InChI=1S/C14H22Cl2N2O/c1-2-7-18(9-10-19)8-6-13(17)11-4-3-5-12(15)14(11)16/h3-5,13,19H,2,6-10,17H2,1H3. The molecule has 1 rings (SSSR count). The first kappa shape index (κ1) is 16.7. The van der Waals surface area contributed by atoms with Gasteiger partial charge in [-0.05, 0) is 31.0 Å². The number of rotatable bonds is 8. The minimum atomic E-state index is -0.135. The molecule has 0 amide bonds. The fourth-order valence-corrected chi connectivity index (χ4v) is 2.53. The maximum atomic E-state index is 9.01. The van der Waals surface area contributed by atoms with Crippen molar-refractivity contribution in [2.24, 2.45) is 5.73 Å². The number of halogens is 2. The maximum absolute atomic E-state index is 9.01. The Bertz CT molecular complexity index is 382. The molecule has 0 saturated heterocycles. The predicted octanol–water partition coefficient (Wildman–Crippen LogP) is 3.09. The van der Waals surface area contributed by atoms with Gasteiger partial charge in [0.2, 0.25) is 0 Å². The van der Waals surface area contributed by atoms with Gasteiger partial charge < -0.3 is 15.7 Å². The Morgan fingerprint density at radius 3 is 2.63 bits per heavy atom. The summed E-state index contributed by atoms with van der Waals surface area (Å²) in [7, 11) is 0. The van der Waals surface area contributed by atoms with Gasteiger partial charge in [-0.1, -0.05) is 42.3 Å². The number of benzene rings is 1. The van der Waals surface area contributed by atoms with Gasteiger partial charge in [0.1, 0.15) is 0 Å². The quantitative estimate of drug-likeness (QED) is 0.776. The van der Waals surface area contributed by atoms with Crippen LogP contribution in [0.2, 0.25) is 10.0 Å². The average Bonchev–Trinajstić information content (AvgIpc) is 2.39. The van der Waals surface area contributed by atoms with E-state index in [0.717, 1.165) is 31.5 Å². The Kier molecular flexibility index (Phi) is 7.73. The van der Waals surface area contributed by atoms with E-state index in [-0.39, 0.29) is 12.6 Å². The van der Waals surface area contributed by atoms with Gasteiger partial charge in [0.25, 0.3) is 0 Å². The van der Waals surface area contributed by atoms with Crippen molar-refractivity contribution < 1.29 is 5.11 Å². The van der Waals surface area contributed by atoms with Crippen LogP contribution in [0.25, 0.3) is 0 Å². The molecule has 1 aromatic carbocycles. The summed E-state index contributed by atoms with van der Waals surface area (Å²) < 4.78 is 0. The molecule has 0 radical (unpaired) electrons. The summed E-state index contributed by atoms with van der Waals surface area (Å²) in [6.07, 6.45) is 1.85. The molecule has 0 aliphatic carbocycles. The molecule has 19 heavy (non-hydrogen) atoms. The molecule has 1 aromatic rings. The molecule has 0 aliphatic rings. The van der Waals surface area contributed by atoms with Crippen molar-refractivity contribution in [2.75, 3.05) is 26.2 Å². The van der Waals surface area contributed by atoms with Gasteiger partial charge in [-0.15, -0.1) is 0 Å². The molecule has 0 bridgehead atoms. The van der Waals surface area contributed by atoms with Gasteiger partial charge in [0, 0.05) is 19.1 Å². The van der Waals surface area contributed by atoms with E-state index < -0.39 is 0 Å². The third kappa shape index (κ3) is 5.28. The Balaban J connectivity index is 2.58. The third-order valence-electron chi connectivity index (χ3n) is 3.09. The highest BCUT2D eigenvalue weighted by Gasteiger charge is 2.13. The summed E-state index contributed by atoms with van der Waals surface area (Å²) in [5.41, 5.74) is 7.06. The molecule has 5 heteroatoms. The van der Waals surface area contributed by atoms with Gasteiger partial charge >= 0.3 is 0 Å². The molecule has 3 nitrogen and oxygen atoms in total. The minimum absolute atomic E-state index is 0.135. The topological polar surface area (TPSA) is 49.5 Å². The minimum Gasteiger partial charge on any atom is -0.395 e. The number of aliphatic hydroxyl groups excluding tert-OH is 1. The molecule has 1 atom stereocenters. The number of aliphatic hydroxyl groups is 1. The van der Waals surface area contributed by atoms with E-state index in [2.05, 4.69) is 11.8 Å². The second-order valence-electron chi connectivity index (χ2n) is 4.60. The second-order valence-corrected chi connectivity index (χ2v) is 5.39. The zero-order valence-electron chi connectivity index (χ0n) is 11.3. The van der Waals surface area contributed by atoms with Crippen molar-refractivity contribution in [3.05, 3.63) is 33.8 Å². The van der Waals surface area contributed by atoms with E-state index in [1.807, 2.05) is 12.1 Å². The molecular weight excluding hydrogens is 283 g/mol. The van der Waals surface area contributed by atoms with E-state index in [1.165, 1.54) is 0 Å². The summed E-state index contributed by atoms with van der Waals surface area (Å²) in [5.74, 6) is 0. The van der Waals surface area contributed by atoms with Gasteiger partial charge in [-0.25, -0.2) is 0 Å². The molecule has 0 fully saturated rings. The van der Waals surface area contributed by atoms with Gasteiger partial charge in [0.05, 0.1) is 16.7 Å². The lowest BCUT2D eigenvalue weighted by Gasteiger charge is -2.23. The lowest BCUT2D eigenvalue weighted by atomic mass is 10.0. The van der Waals surface area contributed by atoms with Crippen LogP contribution in [-0.4, -0.2) is 36.2 Å². The van der Waals surface area contributed by atoms with Crippen LogP contribution in [0.5, 0.6) is 0 Å². The molecule has 0 spiro atoms. The Morgan fingerprint density at radius 1 is 1.26 bits per heavy atom. The largest absolute Gasteiger partial charge is 0.395 e. The van der Waals surface area contributed by atoms with Crippen molar-refractivity contribution in [3.63, 3.8) is 0 Å². The molecular formula is C14H22Cl2N2O. The van der Waals surface area contributed by atoms with Crippen molar-refractivity contribution in [2.45, 2.75) is 25.8 Å². The monoisotopic (exact) mass is 304 g/mol. The van der Waals surface area contributed by atoms with E-state index in [9.17, 15) is 0 Å². The third-order valence-corrected chi connectivity index (χ3v) is 3.93. The summed E-state index contributed by atoms with van der Waals surface area (Å²) >= 11 is 12.1. The fraction of sp³-hybridized carbons (Fsp3) is 0.571. The smallest absolute Gasteiger partial charge is 0.0640 e. The summed E-state index contributed by atoms with van der Waals surface area (Å²) in [4.78, 5) is 2.21. The Labute approximate surface area is 125 Å². The zero-order valence-corrected chi connectivity index (χ0v) is 12.8. The lowest BCUT2D eigenvalue weighted by Crippen LogP contribution is -2.30. The Morgan fingerprint density at radius 2 is 2.00 bits per heavy atom. The van der Waals surface area contributed by atoms with E-state index in [4.69, 9.17) is 34.0 Å². The fourth-order valence-electron chi connectivity index (χ4n) is 2.08. The summed E-state index contributed by atoms with van der Waals surface area (Å²) in [5, 5.41) is 10.1.